The van der Waals surface area contributed by atoms with E-state index in [1.54, 1.807) is 31.2 Å². The molecule has 0 aliphatic rings. The molecule has 26 heavy (non-hydrogen) atoms. The topological polar surface area (TPSA) is 68.6 Å². The Hall–Kier alpha value is -2.97. The molecule has 0 atom stereocenters. The molecular weight excluding hydrogens is 354 g/mol. The van der Waals surface area contributed by atoms with Crippen LogP contribution in [-0.2, 0) is 16.1 Å². The predicted octanol–water partition coefficient (Wildman–Crippen LogP) is 4.40. The number of methoxy groups -OCH3 is 1. The molecule has 134 valence electrons. The van der Waals surface area contributed by atoms with E-state index in [9.17, 15) is 4.79 Å². The maximum atomic E-state index is 11.7. The minimum atomic E-state index is -0.657. The van der Waals surface area contributed by atoms with E-state index >= 15 is 0 Å². The lowest BCUT2D eigenvalue weighted by Crippen LogP contribution is -2.06. The lowest BCUT2D eigenvalue weighted by atomic mass is 10.1. The molecule has 0 fully saturated rings. The maximum Gasteiger partial charge on any atom is 0.348 e. The molecule has 2 rings (SSSR count). The minimum Gasteiger partial charge on any atom is -0.493 e. The van der Waals surface area contributed by atoms with Crippen molar-refractivity contribution < 1.29 is 19.0 Å². The summed E-state index contributed by atoms with van der Waals surface area (Å²) in [5.74, 6) is 0.372. The van der Waals surface area contributed by atoms with Gasteiger partial charge in [-0.3, -0.25) is 0 Å². The number of esters is 1. The van der Waals surface area contributed by atoms with Crippen LogP contribution in [0.1, 0.15) is 18.1 Å². The van der Waals surface area contributed by atoms with Gasteiger partial charge >= 0.3 is 5.97 Å². The van der Waals surface area contributed by atoms with Crippen molar-refractivity contribution in [1.82, 2.24) is 0 Å². The van der Waals surface area contributed by atoms with E-state index in [0.29, 0.717) is 28.7 Å². The fraction of sp³-hybridized carbons (Fsp3) is 0.200. The number of carbonyl (C=O) groups excluding carboxylic acids is 1. The molecule has 0 saturated heterocycles. The molecule has 2 aromatic carbocycles. The summed E-state index contributed by atoms with van der Waals surface area (Å²) < 4.78 is 16.0. The first-order valence-electron chi connectivity index (χ1n) is 7.91. The van der Waals surface area contributed by atoms with Crippen molar-refractivity contribution in [3.8, 4) is 17.6 Å². The number of carbonyl (C=O) groups is 1. The Balaban J connectivity index is 2.18. The molecule has 2 aromatic rings. The summed E-state index contributed by atoms with van der Waals surface area (Å²) in [7, 11) is 1.52. The molecule has 0 saturated carbocycles. The molecule has 6 heteroatoms. The van der Waals surface area contributed by atoms with Gasteiger partial charge in [0.1, 0.15) is 18.2 Å². The van der Waals surface area contributed by atoms with Crippen molar-refractivity contribution in [2.24, 2.45) is 0 Å². The Morgan fingerprint density at radius 1 is 1.23 bits per heavy atom. The summed E-state index contributed by atoms with van der Waals surface area (Å²) in [6.45, 7) is 2.22. The van der Waals surface area contributed by atoms with Crippen molar-refractivity contribution in [3.63, 3.8) is 0 Å². The molecule has 0 unspecified atom stereocenters. The number of ether oxygens (including phenoxy) is 3. The number of nitriles is 1. The molecule has 0 aliphatic carbocycles. The first kappa shape index (κ1) is 19.4. The Bertz CT molecular complexity index is 855. The lowest BCUT2D eigenvalue weighted by molar-refractivity contribution is -0.137. The molecule has 0 bridgehead atoms. The van der Waals surface area contributed by atoms with Crippen LogP contribution < -0.4 is 9.47 Å². The highest BCUT2D eigenvalue weighted by Crippen LogP contribution is 2.30. The summed E-state index contributed by atoms with van der Waals surface area (Å²) in [4.78, 5) is 11.7. The van der Waals surface area contributed by atoms with Gasteiger partial charge in [-0.2, -0.15) is 5.26 Å². The Morgan fingerprint density at radius 2 is 2.04 bits per heavy atom. The van der Waals surface area contributed by atoms with E-state index in [1.165, 1.54) is 13.2 Å². The van der Waals surface area contributed by atoms with Gasteiger partial charge in [-0.15, -0.1) is 0 Å². The van der Waals surface area contributed by atoms with Gasteiger partial charge in [-0.05, 0) is 48.4 Å². The Labute approximate surface area is 157 Å². The van der Waals surface area contributed by atoms with Gasteiger partial charge in [-0.25, -0.2) is 4.79 Å². The van der Waals surface area contributed by atoms with E-state index in [1.807, 2.05) is 24.3 Å². The van der Waals surface area contributed by atoms with Gasteiger partial charge < -0.3 is 14.2 Å². The van der Waals surface area contributed by atoms with Gasteiger partial charge in [0.15, 0.2) is 11.5 Å². The highest BCUT2D eigenvalue weighted by Gasteiger charge is 2.11. The van der Waals surface area contributed by atoms with Crippen molar-refractivity contribution in [3.05, 3.63) is 64.2 Å². The molecule has 5 nitrogen and oxygen atoms in total. The van der Waals surface area contributed by atoms with Crippen LogP contribution in [0.5, 0.6) is 11.5 Å². The SMILES string of the molecule is CCOC(=O)C(C#N)=Cc1ccc(OCc2cccc(Cl)c2)c(OC)c1. The average Bonchev–Trinajstić information content (AvgIpc) is 2.65. The molecule has 0 aromatic heterocycles. The van der Waals surface area contributed by atoms with Crippen LogP contribution in [0.3, 0.4) is 0 Å². The number of hydrogen-bond donors (Lipinski definition) is 0. The molecule has 0 amide bonds. The maximum absolute atomic E-state index is 11.7. The van der Waals surface area contributed by atoms with Crippen molar-refractivity contribution in [1.29, 1.82) is 5.26 Å². The van der Waals surface area contributed by atoms with Crippen molar-refractivity contribution in [2.45, 2.75) is 13.5 Å². The van der Waals surface area contributed by atoms with Crippen LogP contribution in [0.2, 0.25) is 5.02 Å². The van der Waals surface area contributed by atoms with Gasteiger partial charge in [0.05, 0.1) is 13.7 Å². The Kier molecular flexibility index (Phi) is 7.07. The van der Waals surface area contributed by atoms with E-state index in [4.69, 9.17) is 31.1 Å². The van der Waals surface area contributed by atoms with Crippen LogP contribution in [0, 0.1) is 11.3 Å². The second-order valence-corrected chi connectivity index (χ2v) is 5.66. The smallest absolute Gasteiger partial charge is 0.348 e. The number of halogens is 1. The zero-order chi connectivity index (χ0) is 18.9. The van der Waals surface area contributed by atoms with Crippen LogP contribution in [-0.4, -0.2) is 19.7 Å². The number of hydrogen-bond acceptors (Lipinski definition) is 5. The molecule has 0 heterocycles. The van der Waals surface area contributed by atoms with Gasteiger partial charge in [0.2, 0.25) is 0 Å². The summed E-state index contributed by atoms with van der Waals surface area (Å²) in [6, 6.07) is 14.4. The third-order valence-electron chi connectivity index (χ3n) is 3.40. The fourth-order valence-electron chi connectivity index (χ4n) is 2.19. The summed E-state index contributed by atoms with van der Waals surface area (Å²) in [6.07, 6.45) is 1.45. The molecule has 0 spiro atoms. The van der Waals surface area contributed by atoms with Gasteiger partial charge in [0.25, 0.3) is 0 Å². The van der Waals surface area contributed by atoms with E-state index < -0.39 is 5.97 Å². The predicted molar refractivity (Wildman–Crippen MR) is 99.0 cm³/mol. The number of nitrogens with zero attached hydrogens (tertiary/aromatic N) is 1. The zero-order valence-electron chi connectivity index (χ0n) is 14.5. The first-order valence-corrected chi connectivity index (χ1v) is 8.29. The Morgan fingerprint density at radius 3 is 2.69 bits per heavy atom. The lowest BCUT2D eigenvalue weighted by Gasteiger charge is -2.12. The normalized spacial score (nSPS) is 10.8. The van der Waals surface area contributed by atoms with Gasteiger partial charge in [0, 0.05) is 5.02 Å². The summed E-state index contributed by atoms with van der Waals surface area (Å²) in [5.41, 5.74) is 1.47. The third kappa shape index (κ3) is 5.27. The summed E-state index contributed by atoms with van der Waals surface area (Å²) >= 11 is 5.97. The molecule has 0 aliphatic heterocycles. The van der Waals surface area contributed by atoms with Crippen molar-refractivity contribution >= 4 is 23.6 Å². The zero-order valence-corrected chi connectivity index (χ0v) is 15.2. The van der Waals surface area contributed by atoms with Gasteiger partial charge in [-0.1, -0.05) is 29.8 Å². The largest absolute Gasteiger partial charge is 0.493 e. The number of rotatable bonds is 7. The monoisotopic (exact) mass is 371 g/mol. The first-order chi connectivity index (χ1) is 12.6. The van der Waals surface area contributed by atoms with Crippen LogP contribution in [0.25, 0.3) is 6.08 Å². The number of benzene rings is 2. The fourth-order valence-corrected chi connectivity index (χ4v) is 2.41. The highest BCUT2D eigenvalue weighted by molar-refractivity contribution is 6.30. The highest BCUT2D eigenvalue weighted by atomic mass is 35.5. The van der Waals surface area contributed by atoms with E-state index in [-0.39, 0.29) is 12.2 Å². The minimum absolute atomic E-state index is 0.0819. The second kappa shape index (κ2) is 9.50. The van der Waals surface area contributed by atoms with E-state index in [0.717, 1.165) is 5.56 Å². The standard InChI is InChI=1S/C20H18ClNO4/c1-3-25-20(23)16(12-22)9-14-7-8-18(19(11-14)24-2)26-13-15-5-4-6-17(21)10-15/h4-11H,3,13H2,1-2H3. The summed E-state index contributed by atoms with van der Waals surface area (Å²) in [5, 5.41) is 9.75. The van der Waals surface area contributed by atoms with Crippen LogP contribution >= 0.6 is 11.6 Å². The quantitative estimate of drug-likeness (QED) is 0.410. The molecule has 0 radical (unpaired) electrons. The van der Waals surface area contributed by atoms with Crippen LogP contribution in [0.4, 0.5) is 0 Å². The third-order valence-corrected chi connectivity index (χ3v) is 3.63. The molecular formula is C20H18ClNO4. The van der Waals surface area contributed by atoms with Crippen LogP contribution in [0.15, 0.2) is 48.0 Å². The van der Waals surface area contributed by atoms with Crippen molar-refractivity contribution in [2.75, 3.05) is 13.7 Å². The second-order valence-electron chi connectivity index (χ2n) is 5.22. The van der Waals surface area contributed by atoms with E-state index in [2.05, 4.69) is 0 Å². The molecule has 0 N–H and O–H groups in total. The average molecular weight is 372 g/mol.